The molecule has 0 saturated carbocycles. The third kappa shape index (κ3) is 2.75. The van der Waals surface area contributed by atoms with Gasteiger partial charge in [-0.3, -0.25) is 4.98 Å². The lowest BCUT2D eigenvalue weighted by Gasteiger charge is -2.13. The fourth-order valence-corrected chi connectivity index (χ4v) is 4.40. The summed E-state index contributed by atoms with van der Waals surface area (Å²) < 4.78 is 0. The Morgan fingerprint density at radius 2 is 1.10 bits per heavy atom. The van der Waals surface area contributed by atoms with Gasteiger partial charge in [-0.1, -0.05) is 78.9 Å². The number of hydrogen-bond acceptors (Lipinski definition) is 1. The molecule has 1 nitrogen and oxygen atoms in total. The molecule has 0 saturated heterocycles. The second-order valence-electron chi connectivity index (χ2n) is 7.71. The summed E-state index contributed by atoms with van der Waals surface area (Å²) in [6, 6.07) is 37.2. The van der Waals surface area contributed by atoms with Crippen LogP contribution in [0.15, 0.2) is 116 Å². The van der Waals surface area contributed by atoms with E-state index in [-0.39, 0.29) is 0 Å². The molecule has 0 unspecified atom stereocenters. The van der Waals surface area contributed by atoms with Crippen LogP contribution < -0.4 is 0 Å². The van der Waals surface area contributed by atoms with E-state index in [0.29, 0.717) is 0 Å². The SMILES string of the molecule is c1cncc(-c2ccc(-c3cc4ccccc4c4cc5ccccc5cc34)cc2)c1. The Kier molecular flexibility index (Phi) is 3.85. The summed E-state index contributed by atoms with van der Waals surface area (Å²) >= 11 is 0. The molecule has 0 aliphatic heterocycles. The Morgan fingerprint density at radius 1 is 0.433 bits per heavy atom. The van der Waals surface area contributed by atoms with Gasteiger partial charge >= 0.3 is 0 Å². The lowest BCUT2D eigenvalue weighted by molar-refractivity contribution is 1.33. The highest BCUT2D eigenvalue weighted by Gasteiger charge is 2.10. The Labute approximate surface area is 175 Å². The number of rotatable bonds is 2. The molecule has 0 bridgehead atoms. The zero-order valence-corrected chi connectivity index (χ0v) is 16.4. The smallest absolute Gasteiger partial charge is 0.0346 e. The van der Waals surface area contributed by atoms with Crippen LogP contribution in [0.1, 0.15) is 0 Å². The Bertz CT molecular complexity index is 1510. The predicted molar refractivity (Wildman–Crippen MR) is 128 cm³/mol. The average Bonchev–Trinajstić information content (AvgIpc) is 2.83. The van der Waals surface area contributed by atoms with Crippen LogP contribution in [-0.2, 0) is 0 Å². The van der Waals surface area contributed by atoms with Gasteiger partial charge in [-0.2, -0.15) is 0 Å². The number of benzene rings is 5. The van der Waals surface area contributed by atoms with Crippen LogP contribution in [-0.4, -0.2) is 4.98 Å². The monoisotopic (exact) mass is 381 g/mol. The molecular weight excluding hydrogens is 362 g/mol. The van der Waals surface area contributed by atoms with E-state index >= 15 is 0 Å². The van der Waals surface area contributed by atoms with Gasteiger partial charge in [0.1, 0.15) is 0 Å². The molecule has 5 aromatic carbocycles. The van der Waals surface area contributed by atoms with Crippen molar-refractivity contribution in [2.45, 2.75) is 0 Å². The van der Waals surface area contributed by atoms with Gasteiger partial charge in [0.2, 0.25) is 0 Å². The van der Waals surface area contributed by atoms with Crippen LogP contribution in [0, 0.1) is 0 Å². The van der Waals surface area contributed by atoms with Crippen molar-refractivity contribution in [2.75, 3.05) is 0 Å². The molecule has 1 aromatic heterocycles. The highest BCUT2D eigenvalue weighted by molar-refractivity contribution is 6.17. The molecule has 1 heteroatoms. The first kappa shape index (κ1) is 16.9. The largest absolute Gasteiger partial charge is 0.264 e. The molecule has 0 radical (unpaired) electrons. The third-order valence-corrected chi connectivity index (χ3v) is 5.92. The summed E-state index contributed by atoms with van der Waals surface area (Å²) in [6.45, 7) is 0. The van der Waals surface area contributed by atoms with Gasteiger partial charge in [0.05, 0.1) is 0 Å². The summed E-state index contributed by atoms with van der Waals surface area (Å²) in [5.41, 5.74) is 4.82. The lowest BCUT2D eigenvalue weighted by Crippen LogP contribution is -1.86. The van der Waals surface area contributed by atoms with Gasteiger partial charge in [-0.15, -0.1) is 0 Å². The number of hydrogen-bond donors (Lipinski definition) is 0. The fourth-order valence-electron chi connectivity index (χ4n) is 4.40. The van der Waals surface area contributed by atoms with Crippen molar-refractivity contribution < 1.29 is 0 Å². The molecule has 6 aromatic rings. The van der Waals surface area contributed by atoms with E-state index in [9.17, 15) is 0 Å². The van der Waals surface area contributed by atoms with E-state index in [2.05, 4.69) is 102 Å². The van der Waals surface area contributed by atoms with Gasteiger partial charge < -0.3 is 0 Å². The van der Waals surface area contributed by atoms with Crippen molar-refractivity contribution >= 4 is 32.3 Å². The molecule has 0 N–H and O–H groups in total. The fraction of sp³-hybridized carbons (Fsp3) is 0. The quantitative estimate of drug-likeness (QED) is 0.220. The molecule has 0 aliphatic rings. The Hall–Kier alpha value is -3.97. The van der Waals surface area contributed by atoms with Crippen molar-refractivity contribution in [3.05, 3.63) is 116 Å². The van der Waals surface area contributed by atoms with Crippen LogP contribution in [0.3, 0.4) is 0 Å². The minimum absolute atomic E-state index is 1.14. The first-order valence-corrected chi connectivity index (χ1v) is 10.2. The summed E-state index contributed by atoms with van der Waals surface area (Å²) in [4.78, 5) is 4.25. The lowest BCUT2D eigenvalue weighted by atomic mass is 9.91. The highest BCUT2D eigenvalue weighted by Crippen LogP contribution is 2.37. The van der Waals surface area contributed by atoms with E-state index < -0.39 is 0 Å². The Morgan fingerprint density at radius 3 is 1.83 bits per heavy atom. The van der Waals surface area contributed by atoms with Crippen LogP contribution >= 0.6 is 0 Å². The van der Waals surface area contributed by atoms with Crippen molar-refractivity contribution in [3.63, 3.8) is 0 Å². The topological polar surface area (TPSA) is 12.9 Å². The van der Waals surface area contributed by atoms with Crippen LogP contribution in [0.5, 0.6) is 0 Å². The Balaban J connectivity index is 1.62. The van der Waals surface area contributed by atoms with E-state index in [1.807, 2.05) is 18.5 Å². The zero-order valence-electron chi connectivity index (χ0n) is 16.4. The summed E-state index contributed by atoms with van der Waals surface area (Å²) in [5, 5.41) is 7.72. The normalized spacial score (nSPS) is 11.3. The van der Waals surface area contributed by atoms with Crippen molar-refractivity contribution in [2.24, 2.45) is 0 Å². The minimum atomic E-state index is 1.14. The summed E-state index contributed by atoms with van der Waals surface area (Å²) in [5.74, 6) is 0. The van der Waals surface area contributed by atoms with Crippen molar-refractivity contribution in [1.82, 2.24) is 4.98 Å². The zero-order chi connectivity index (χ0) is 19.9. The number of nitrogens with zero attached hydrogens (tertiary/aromatic N) is 1. The molecule has 0 aliphatic carbocycles. The van der Waals surface area contributed by atoms with Crippen LogP contribution in [0.25, 0.3) is 54.6 Å². The van der Waals surface area contributed by atoms with Crippen LogP contribution in [0.4, 0.5) is 0 Å². The molecule has 0 spiro atoms. The molecule has 0 amide bonds. The first-order chi connectivity index (χ1) is 14.9. The second-order valence-corrected chi connectivity index (χ2v) is 7.71. The molecule has 1 heterocycles. The number of aromatic nitrogens is 1. The van der Waals surface area contributed by atoms with E-state index in [4.69, 9.17) is 0 Å². The van der Waals surface area contributed by atoms with Crippen molar-refractivity contribution in [3.8, 4) is 22.3 Å². The van der Waals surface area contributed by atoms with Gasteiger partial charge in [0.15, 0.2) is 0 Å². The number of pyridine rings is 1. The minimum Gasteiger partial charge on any atom is -0.264 e. The van der Waals surface area contributed by atoms with Crippen molar-refractivity contribution in [1.29, 1.82) is 0 Å². The van der Waals surface area contributed by atoms with E-state index in [1.54, 1.807) is 0 Å². The summed E-state index contributed by atoms with van der Waals surface area (Å²) in [6.07, 6.45) is 3.72. The van der Waals surface area contributed by atoms with E-state index in [0.717, 1.165) is 5.56 Å². The molecule has 6 rings (SSSR count). The molecule has 30 heavy (non-hydrogen) atoms. The van der Waals surface area contributed by atoms with Gasteiger partial charge in [-0.05, 0) is 78.8 Å². The average molecular weight is 381 g/mol. The molecule has 140 valence electrons. The summed E-state index contributed by atoms with van der Waals surface area (Å²) in [7, 11) is 0. The third-order valence-electron chi connectivity index (χ3n) is 5.92. The molecular formula is C29H19N. The maximum atomic E-state index is 4.25. The van der Waals surface area contributed by atoms with E-state index in [1.165, 1.54) is 49.0 Å². The molecule has 0 fully saturated rings. The highest BCUT2D eigenvalue weighted by atomic mass is 14.6. The van der Waals surface area contributed by atoms with Gasteiger partial charge in [0, 0.05) is 12.4 Å². The predicted octanol–water partition coefficient (Wildman–Crippen LogP) is 7.88. The van der Waals surface area contributed by atoms with Crippen LogP contribution in [0.2, 0.25) is 0 Å². The maximum Gasteiger partial charge on any atom is 0.0346 e. The standard InChI is InChI=1S/C29H19N/c1-2-7-23-17-29-27(21-13-11-20(12-14-21)25-9-5-15-30-19-25)18-24-8-3-4-10-26(24)28(29)16-22(23)6-1/h1-19H. The number of fused-ring (bicyclic) bond motifs is 4. The maximum absolute atomic E-state index is 4.25. The molecule has 0 atom stereocenters. The first-order valence-electron chi connectivity index (χ1n) is 10.2. The second kappa shape index (κ2) is 6.82. The van der Waals surface area contributed by atoms with Gasteiger partial charge in [-0.25, -0.2) is 0 Å². The van der Waals surface area contributed by atoms with Gasteiger partial charge in [0.25, 0.3) is 0 Å².